The fourth-order valence-electron chi connectivity index (χ4n) is 3.77. The summed E-state index contributed by atoms with van der Waals surface area (Å²) in [6.07, 6.45) is 1.59. The number of amides is 2. The molecule has 2 amide bonds. The van der Waals surface area contributed by atoms with Gasteiger partial charge in [-0.1, -0.05) is 27.7 Å². The van der Waals surface area contributed by atoms with Crippen molar-refractivity contribution in [2.75, 3.05) is 4.90 Å². The monoisotopic (exact) mass is 331 g/mol. The van der Waals surface area contributed by atoms with Gasteiger partial charge >= 0.3 is 5.97 Å². The summed E-state index contributed by atoms with van der Waals surface area (Å²) >= 11 is 0. The van der Waals surface area contributed by atoms with E-state index in [-0.39, 0.29) is 23.8 Å². The number of carbonyl (C=O) groups is 3. The quantitative estimate of drug-likeness (QED) is 0.806. The first-order chi connectivity index (χ1) is 11.2. The van der Waals surface area contributed by atoms with Gasteiger partial charge < -0.3 is 5.11 Å². The number of hydrogen-bond acceptors (Lipinski definition) is 3. The van der Waals surface area contributed by atoms with Crippen LogP contribution in [0, 0.1) is 17.3 Å². The predicted molar refractivity (Wildman–Crippen MR) is 91.9 cm³/mol. The minimum atomic E-state index is -1.03. The molecule has 0 spiro atoms. The van der Waals surface area contributed by atoms with Crippen LogP contribution in [0.4, 0.5) is 5.69 Å². The van der Waals surface area contributed by atoms with Gasteiger partial charge in [-0.25, -0.2) is 4.79 Å². The number of carboxylic acid groups (broad SMARTS) is 1. The van der Waals surface area contributed by atoms with E-state index in [1.54, 1.807) is 0 Å². The van der Waals surface area contributed by atoms with Gasteiger partial charge in [-0.3, -0.25) is 14.5 Å². The van der Waals surface area contributed by atoms with Crippen molar-refractivity contribution in [1.29, 1.82) is 0 Å². The Morgan fingerprint density at radius 2 is 1.58 bits per heavy atom. The smallest absolute Gasteiger partial charge is 0.335 e. The normalized spacial score (nSPS) is 17.2. The second kappa shape index (κ2) is 6.75. The molecule has 0 radical (unpaired) electrons. The maximum absolute atomic E-state index is 13.1. The van der Waals surface area contributed by atoms with Gasteiger partial charge in [0.1, 0.15) is 0 Å². The van der Waals surface area contributed by atoms with E-state index in [9.17, 15) is 14.4 Å². The lowest BCUT2D eigenvalue weighted by atomic mass is 9.73. The summed E-state index contributed by atoms with van der Waals surface area (Å²) in [5, 5.41) is 8.98. The number of benzene rings is 1. The third-order valence-electron chi connectivity index (χ3n) is 4.37. The third kappa shape index (κ3) is 3.50. The molecule has 0 aromatic heterocycles. The van der Waals surface area contributed by atoms with Gasteiger partial charge in [0.05, 0.1) is 16.7 Å². The Hall–Kier alpha value is -2.17. The molecular weight excluding hydrogens is 306 g/mol. The topological polar surface area (TPSA) is 74.7 Å². The van der Waals surface area contributed by atoms with Crippen LogP contribution in [0.5, 0.6) is 0 Å². The van der Waals surface area contributed by atoms with Gasteiger partial charge in [0.2, 0.25) is 11.8 Å². The highest BCUT2D eigenvalue weighted by molar-refractivity contribution is 6.22. The van der Waals surface area contributed by atoms with Crippen LogP contribution in [0.1, 0.15) is 57.3 Å². The highest BCUT2D eigenvalue weighted by Gasteiger charge is 2.52. The second-order valence-corrected chi connectivity index (χ2v) is 7.54. The molecule has 2 rings (SSSR count). The van der Waals surface area contributed by atoms with Crippen molar-refractivity contribution in [2.24, 2.45) is 17.3 Å². The van der Waals surface area contributed by atoms with Crippen molar-refractivity contribution in [3.63, 3.8) is 0 Å². The Bertz CT molecular complexity index is 636. The zero-order valence-electron chi connectivity index (χ0n) is 14.7. The number of imide groups is 1. The summed E-state index contributed by atoms with van der Waals surface area (Å²) in [6.45, 7) is 8.24. The largest absolute Gasteiger partial charge is 0.478 e. The van der Waals surface area contributed by atoms with E-state index in [0.717, 1.165) is 0 Å². The zero-order chi connectivity index (χ0) is 18.1. The molecule has 0 saturated carbocycles. The summed E-state index contributed by atoms with van der Waals surface area (Å²) in [4.78, 5) is 37.9. The van der Waals surface area contributed by atoms with Crippen LogP contribution in [0.2, 0.25) is 0 Å². The summed E-state index contributed by atoms with van der Waals surface area (Å²) in [6, 6.07) is 5.90. The third-order valence-corrected chi connectivity index (χ3v) is 4.37. The Morgan fingerprint density at radius 3 is 2.00 bits per heavy atom. The van der Waals surface area contributed by atoms with E-state index in [1.165, 1.54) is 29.2 Å². The standard InChI is InChI=1S/C19H25NO4/c1-12(2)9-19(10-13(3)4)11-16(21)20(18(19)24)15-7-5-14(6-8-15)17(22)23/h5-8,12-13H,9-11H2,1-4H3,(H,22,23). The van der Waals surface area contributed by atoms with Crippen molar-refractivity contribution in [3.05, 3.63) is 29.8 Å². The van der Waals surface area contributed by atoms with Crippen molar-refractivity contribution >= 4 is 23.5 Å². The molecule has 24 heavy (non-hydrogen) atoms. The number of carboxylic acids is 1. The number of aromatic carboxylic acids is 1. The molecule has 1 N–H and O–H groups in total. The second-order valence-electron chi connectivity index (χ2n) is 7.54. The number of hydrogen-bond donors (Lipinski definition) is 1. The van der Waals surface area contributed by atoms with E-state index >= 15 is 0 Å². The molecule has 0 aliphatic carbocycles. The molecule has 0 bridgehead atoms. The van der Waals surface area contributed by atoms with Gasteiger partial charge in [-0.2, -0.15) is 0 Å². The van der Waals surface area contributed by atoms with Crippen molar-refractivity contribution in [1.82, 2.24) is 0 Å². The molecule has 1 aromatic rings. The van der Waals surface area contributed by atoms with E-state index in [0.29, 0.717) is 30.4 Å². The maximum Gasteiger partial charge on any atom is 0.335 e. The van der Waals surface area contributed by atoms with Crippen LogP contribution in [0.3, 0.4) is 0 Å². The number of anilines is 1. The van der Waals surface area contributed by atoms with Gasteiger partial charge in [-0.05, 0) is 48.9 Å². The molecule has 1 aromatic carbocycles. The Labute approximate surface area is 142 Å². The van der Waals surface area contributed by atoms with Crippen LogP contribution in [0.15, 0.2) is 24.3 Å². The fourth-order valence-corrected chi connectivity index (χ4v) is 3.77. The first kappa shape index (κ1) is 18.2. The summed E-state index contributed by atoms with van der Waals surface area (Å²) in [5.74, 6) is -0.762. The highest BCUT2D eigenvalue weighted by atomic mass is 16.4. The molecule has 5 heteroatoms. The van der Waals surface area contributed by atoms with Gasteiger partial charge in [0.15, 0.2) is 0 Å². The number of rotatable bonds is 6. The Balaban J connectivity index is 2.36. The first-order valence-electron chi connectivity index (χ1n) is 8.37. The zero-order valence-corrected chi connectivity index (χ0v) is 14.7. The molecule has 1 fully saturated rings. The van der Waals surface area contributed by atoms with Crippen LogP contribution >= 0.6 is 0 Å². The van der Waals surface area contributed by atoms with E-state index in [2.05, 4.69) is 27.7 Å². The lowest BCUT2D eigenvalue weighted by molar-refractivity contribution is -0.127. The van der Waals surface area contributed by atoms with Gasteiger partial charge in [-0.15, -0.1) is 0 Å². The minimum absolute atomic E-state index is 0.133. The van der Waals surface area contributed by atoms with Crippen LogP contribution in [-0.4, -0.2) is 22.9 Å². The molecule has 1 aliphatic heterocycles. The molecule has 1 heterocycles. The average Bonchev–Trinajstić information content (AvgIpc) is 2.68. The Kier molecular flexibility index (Phi) is 5.11. The van der Waals surface area contributed by atoms with E-state index < -0.39 is 11.4 Å². The molecule has 130 valence electrons. The lowest BCUT2D eigenvalue weighted by Gasteiger charge is -2.30. The molecule has 0 atom stereocenters. The van der Waals surface area contributed by atoms with Gasteiger partial charge in [0.25, 0.3) is 0 Å². The predicted octanol–water partition coefficient (Wildman–Crippen LogP) is 3.73. The summed E-state index contributed by atoms with van der Waals surface area (Å²) < 4.78 is 0. The van der Waals surface area contributed by atoms with Crippen molar-refractivity contribution < 1.29 is 19.5 Å². The molecule has 1 saturated heterocycles. The highest BCUT2D eigenvalue weighted by Crippen LogP contribution is 2.45. The lowest BCUT2D eigenvalue weighted by Crippen LogP contribution is -2.37. The van der Waals surface area contributed by atoms with E-state index in [4.69, 9.17) is 5.11 Å². The maximum atomic E-state index is 13.1. The van der Waals surface area contributed by atoms with Crippen LogP contribution in [-0.2, 0) is 9.59 Å². The van der Waals surface area contributed by atoms with Gasteiger partial charge in [0, 0.05) is 6.42 Å². The molecule has 5 nitrogen and oxygen atoms in total. The van der Waals surface area contributed by atoms with Crippen molar-refractivity contribution in [2.45, 2.75) is 47.0 Å². The molecule has 1 aliphatic rings. The average molecular weight is 331 g/mol. The summed E-state index contributed by atoms with van der Waals surface area (Å²) in [5.41, 5.74) is -0.0666. The SMILES string of the molecule is CC(C)CC1(CC(C)C)CC(=O)N(c2ccc(C(=O)O)cc2)C1=O. The molecular formula is C19H25NO4. The van der Waals surface area contributed by atoms with Crippen LogP contribution in [0.25, 0.3) is 0 Å². The first-order valence-corrected chi connectivity index (χ1v) is 8.37. The minimum Gasteiger partial charge on any atom is -0.478 e. The van der Waals surface area contributed by atoms with Crippen LogP contribution < -0.4 is 4.90 Å². The summed E-state index contributed by atoms with van der Waals surface area (Å²) in [7, 11) is 0. The number of carbonyl (C=O) groups excluding carboxylic acids is 2. The fraction of sp³-hybridized carbons (Fsp3) is 0.526. The number of nitrogens with zero attached hydrogens (tertiary/aromatic N) is 1. The Morgan fingerprint density at radius 1 is 1.08 bits per heavy atom. The van der Waals surface area contributed by atoms with E-state index in [1.807, 2.05) is 0 Å². The molecule has 0 unspecified atom stereocenters. The van der Waals surface area contributed by atoms with Crippen molar-refractivity contribution in [3.8, 4) is 0 Å².